The molecule has 0 saturated heterocycles. The molecule has 0 saturated carbocycles. The molecular formula is C12H11Cl2N. The zero-order chi connectivity index (χ0) is 11.0. The maximum atomic E-state index is 6.19. The van der Waals surface area contributed by atoms with Crippen LogP contribution in [0, 0.1) is 0 Å². The van der Waals surface area contributed by atoms with Crippen molar-refractivity contribution in [1.82, 2.24) is 4.98 Å². The zero-order valence-corrected chi connectivity index (χ0v) is 10.1. The number of fused-ring (bicyclic) bond motifs is 1. The molecule has 15 heavy (non-hydrogen) atoms. The van der Waals surface area contributed by atoms with Gasteiger partial charge in [-0.1, -0.05) is 37.0 Å². The van der Waals surface area contributed by atoms with Crippen LogP contribution in [-0.2, 0) is 0 Å². The maximum Gasteiger partial charge on any atom is 0.0734 e. The van der Waals surface area contributed by atoms with Crippen molar-refractivity contribution in [3.05, 3.63) is 40.0 Å². The molecule has 1 nitrogen and oxygen atoms in total. The third kappa shape index (κ3) is 1.95. The van der Waals surface area contributed by atoms with E-state index in [1.54, 1.807) is 12.3 Å². The average molecular weight is 240 g/mol. The lowest BCUT2D eigenvalue weighted by atomic mass is 9.99. The summed E-state index contributed by atoms with van der Waals surface area (Å²) in [6.45, 7) is 4.28. The standard InChI is InChI=1S/C12H11Cl2N/c1-7(2)9-3-4-15-11-6-8(13)5-10(14)12(9)11/h3-7H,1-2H3. The van der Waals surface area contributed by atoms with Gasteiger partial charge in [-0.3, -0.25) is 4.98 Å². The summed E-state index contributed by atoms with van der Waals surface area (Å²) < 4.78 is 0. The van der Waals surface area contributed by atoms with E-state index in [1.165, 1.54) is 5.56 Å². The molecule has 1 aromatic heterocycles. The van der Waals surface area contributed by atoms with Gasteiger partial charge in [-0.15, -0.1) is 0 Å². The molecule has 0 radical (unpaired) electrons. The van der Waals surface area contributed by atoms with Crippen molar-refractivity contribution in [2.45, 2.75) is 19.8 Å². The molecule has 1 heterocycles. The SMILES string of the molecule is CC(C)c1ccnc2cc(Cl)cc(Cl)c12. The summed E-state index contributed by atoms with van der Waals surface area (Å²) in [6, 6.07) is 5.61. The summed E-state index contributed by atoms with van der Waals surface area (Å²) >= 11 is 12.1. The molecule has 2 rings (SSSR count). The Balaban J connectivity index is 2.85. The Morgan fingerprint density at radius 1 is 1.20 bits per heavy atom. The summed E-state index contributed by atoms with van der Waals surface area (Å²) in [5.41, 5.74) is 2.07. The van der Waals surface area contributed by atoms with Gasteiger partial charge in [-0.2, -0.15) is 0 Å². The molecule has 0 fully saturated rings. The average Bonchev–Trinajstić information content (AvgIpc) is 2.16. The van der Waals surface area contributed by atoms with Crippen LogP contribution in [0.1, 0.15) is 25.3 Å². The lowest BCUT2D eigenvalue weighted by Crippen LogP contribution is -1.92. The first-order chi connectivity index (χ1) is 7.09. The highest BCUT2D eigenvalue weighted by atomic mass is 35.5. The smallest absolute Gasteiger partial charge is 0.0734 e. The molecule has 0 aliphatic rings. The second kappa shape index (κ2) is 3.99. The van der Waals surface area contributed by atoms with Gasteiger partial charge >= 0.3 is 0 Å². The van der Waals surface area contributed by atoms with Crippen molar-refractivity contribution in [2.75, 3.05) is 0 Å². The summed E-state index contributed by atoms with van der Waals surface area (Å²) in [7, 11) is 0. The molecule has 78 valence electrons. The van der Waals surface area contributed by atoms with Crippen LogP contribution in [-0.4, -0.2) is 4.98 Å². The Hall–Kier alpha value is -0.790. The predicted octanol–water partition coefficient (Wildman–Crippen LogP) is 4.67. The minimum atomic E-state index is 0.425. The fourth-order valence-corrected chi connectivity index (χ4v) is 2.30. The van der Waals surface area contributed by atoms with E-state index in [4.69, 9.17) is 23.2 Å². The second-order valence-corrected chi connectivity index (χ2v) is 4.68. The molecule has 3 heteroatoms. The van der Waals surface area contributed by atoms with E-state index >= 15 is 0 Å². The van der Waals surface area contributed by atoms with Crippen molar-refractivity contribution in [1.29, 1.82) is 0 Å². The largest absolute Gasteiger partial charge is 0.256 e. The first kappa shape index (κ1) is 10.7. The molecule has 0 aliphatic carbocycles. The lowest BCUT2D eigenvalue weighted by Gasteiger charge is -2.10. The first-order valence-corrected chi connectivity index (χ1v) is 5.59. The Morgan fingerprint density at radius 2 is 1.93 bits per heavy atom. The van der Waals surface area contributed by atoms with Gasteiger partial charge in [-0.05, 0) is 29.7 Å². The zero-order valence-electron chi connectivity index (χ0n) is 8.59. The van der Waals surface area contributed by atoms with Gasteiger partial charge in [-0.25, -0.2) is 0 Å². The van der Waals surface area contributed by atoms with Crippen molar-refractivity contribution in [3.63, 3.8) is 0 Å². The molecule has 0 N–H and O–H groups in total. The van der Waals surface area contributed by atoms with Crippen molar-refractivity contribution < 1.29 is 0 Å². The fraction of sp³-hybridized carbons (Fsp3) is 0.250. The summed E-state index contributed by atoms with van der Waals surface area (Å²) in [5.74, 6) is 0.425. The quantitative estimate of drug-likeness (QED) is 0.706. The Morgan fingerprint density at radius 3 is 2.60 bits per heavy atom. The number of hydrogen-bond acceptors (Lipinski definition) is 1. The van der Waals surface area contributed by atoms with Crippen LogP contribution in [0.2, 0.25) is 10.0 Å². The Labute approximate surface area is 99.0 Å². The van der Waals surface area contributed by atoms with Gasteiger partial charge in [0.25, 0.3) is 0 Å². The Bertz CT molecular complexity index is 506. The van der Waals surface area contributed by atoms with Crippen molar-refractivity contribution in [3.8, 4) is 0 Å². The van der Waals surface area contributed by atoms with E-state index < -0.39 is 0 Å². The number of hydrogen-bond donors (Lipinski definition) is 0. The highest BCUT2D eigenvalue weighted by Crippen LogP contribution is 2.32. The lowest BCUT2D eigenvalue weighted by molar-refractivity contribution is 0.874. The van der Waals surface area contributed by atoms with E-state index in [0.717, 1.165) is 10.9 Å². The highest BCUT2D eigenvalue weighted by Gasteiger charge is 2.09. The van der Waals surface area contributed by atoms with Crippen LogP contribution in [0.3, 0.4) is 0 Å². The molecule has 2 aromatic rings. The number of rotatable bonds is 1. The minimum absolute atomic E-state index is 0.425. The number of nitrogens with zero attached hydrogens (tertiary/aromatic N) is 1. The van der Waals surface area contributed by atoms with E-state index in [9.17, 15) is 0 Å². The summed E-state index contributed by atoms with van der Waals surface area (Å²) in [5, 5.41) is 2.31. The molecule has 0 aliphatic heterocycles. The Kier molecular flexibility index (Phi) is 2.85. The summed E-state index contributed by atoms with van der Waals surface area (Å²) in [6.07, 6.45) is 1.80. The van der Waals surface area contributed by atoms with E-state index in [-0.39, 0.29) is 0 Å². The van der Waals surface area contributed by atoms with Crippen LogP contribution in [0.15, 0.2) is 24.4 Å². The van der Waals surface area contributed by atoms with Crippen molar-refractivity contribution >= 4 is 34.1 Å². The van der Waals surface area contributed by atoms with Crippen LogP contribution in [0.4, 0.5) is 0 Å². The topological polar surface area (TPSA) is 12.9 Å². The highest BCUT2D eigenvalue weighted by molar-refractivity contribution is 6.38. The fourth-order valence-electron chi connectivity index (χ4n) is 1.71. The minimum Gasteiger partial charge on any atom is -0.256 e. The number of aromatic nitrogens is 1. The van der Waals surface area contributed by atoms with E-state index in [2.05, 4.69) is 18.8 Å². The van der Waals surface area contributed by atoms with Gasteiger partial charge in [0, 0.05) is 16.6 Å². The monoisotopic (exact) mass is 239 g/mol. The van der Waals surface area contributed by atoms with Crippen LogP contribution in [0.25, 0.3) is 10.9 Å². The normalized spacial score (nSPS) is 11.3. The van der Waals surface area contributed by atoms with Gasteiger partial charge in [0.1, 0.15) is 0 Å². The molecule has 0 atom stereocenters. The van der Waals surface area contributed by atoms with Gasteiger partial charge in [0.15, 0.2) is 0 Å². The summed E-state index contributed by atoms with van der Waals surface area (Å²) in [4.78, 5) is 4.28. The van der Waals surface area contributed by atoms with Crippen molar-refractivity contribution in [2.24, 2.45) is 0 Å². The van der Waals surface area contributed by atoms with E-state index in [1.807, 2.05) is 12.1 Å². The maximum absolute atomic E-state index is 6.19. The third-order valence-corrected chi connectivity index (χ3v) is 2.93. The van der Waals surface area contributed by atoms with Crippen LogP contribution in [0.5, 0.6) is 0 Å². The van der Waals surface area contributed by atoms with Gasteiger partial charge in [0.05, 0.1) is 10.5 Å². The van der Waals surface area contributed by atoms with Gasteiger partial charge < -0.3 is 0 Å². The number of halogens is 2. The predicted molar refractivity (Wildman–Crippen MR) is 65.9 cm³/mol. The van der Waals surface area contributed by atoms with Gasteiger partial charge in [0.2, 0.25) is 0 Å². The van der Waals surface area contributed by atoms with Crippen LogP contribution < -0.4 is 0 Å². The molecular weight excluding hydrogens is 229 g/mol. The first-order valence-electron chi connectivity index (χ1n) is 4.83. The molecule has 1 aromatic carbocycles. The molecule has 0 unspecified atom stereocenters. The third-order valence-electron chi connectivity index (χ3n) is 2.41. The van der Waals surface area contributed by atoms with E-state index in [0.29, 0.717) is 16.0 Å². The number of benzene rings is 1. The van der Waals surface area contributed by atoms with Crippen LogP contribution >= 0.6 is 23.2 Å². The number of pyridine rings is 1. The second-order valence-electron chi connectivity index (χ2n) is 3.84. The molecule has 0 spiro atoms. The molecule has 0 amide bonds. The molecule has 0 bridgehead atoms.